The predicted octanol–water partition coefficient (Wildman–Crippen LogP) is 7.74. The van der Waals surface area contributed by atoms with E-state index in [2.05, 4.69) is 12.1 Å². The van der Waals surface area contributed by atoms with Crippen molar-refractivity contribution in [3.8, 4) is 0 Å². The number of hydrogen-bond donors (Lipinski definition) is 0. The highest BCUT2D eigenvalue weighted by atomic mass is 32.1. The van der Waals surface area contributed by atoms with Crippen molar-refractivity contribution < 1.29 is 0 Å². The van der Waals surface area contributed by atoms with Crippen LogP contribution in [0.15, 0.2) is 17.0 Å². The summed E-state index contributed by atoms with van der Waals surface area (Å²) in [5.74, 6) is 2.33. The third-order valence-corrected chi connectivity index (χ3v) is 7.81. The first-order valence-electron chi connectivity index (χ1n) is 11.2. The summed E-state index contributed by atoms with van der Waals surface area (Å²) in [4.78, 5) is 1.28. The van der Waals surface area contributed by atoms with Gasteiger partial charge in [0.2, 0.25) is 0 Å². The summed E-state index contributed by atoms with van der Waals surface area (Å²) in [5, 5.41) is 0. The maximum Gasteiger partial charge on any atom is -0.0162 e. The van der Waals surface area contributed by atoms with Gasteiger partial charge in [-0.05, 0) is 61.8 Å². The van der Waals surface area contributed by atoms with Crippen LogP contribution in [0.1, 0.15) is 131 Å². The minimum atomic E-state index is 0.757. The van der Waals surface area contributed by atoms with Crippen molar-refractivity contribution in [2.24, 2.45) is 0 Å². The Morgan fingerprint density at radius 2 is 0.880 bits per heavy atom. The van der Waals surface area contributed by atoms with Gasteiger partial charge in [0.05, 0.1) is 0 Å². The van der Waals surface area contributed by atoms with E-state index in [1.165, 1.54) is 101 Å². The lowest BCUT2D eigenvalue weighted by Gasteiger charge is -2.35. The van der Waals surface area contributed by atoms with Gasteiger partial charge in [-0.25, -0.2) is 0 Å². The topological polar surface area (TPSA) is 0 Å². The first-order chi connectivity index (χ1) is 12.3. The molecular formula is C24H35S-. The lowest BCUT2D eigenvalue weighted by atomic mass is 9.76. The van der Waals surface area contributed by atoms with Crippen LogP contribution in [0.25, 0.3) is 0 Å². The van der Waals surface area contributed by atoms with Crippen LogP contribution in [0.5, 0.6) is 0 Å². The van der Waals surface area contributed by atoms with Gasteiger partial charge in [-0.1, -0.05) is 81.0 Å². The van der Waals surface area contributed by atoms with Crippen LogP contribution in [-0.2, 0) is 12.6 Å². The second kappa shape index (κ2) is 8.42. The van der Waals surface area contributed by atoms with Gasteiger partial charge < -0.3 is 12.6 Å². The number of rotatable bonds is 3. The Bertz CT molecular complexity index is 518. The summed E-state index contributed by atoms with van der Waals surface area (Å²) in [5.41, 5.74) is 4.83. The molecule has 0 bridgehead atoms. The third-order valence-electron chi connectivity index (χ3n) is 7.34. The summed E-state index contributed by atoms with van der Waals surface area (Å²) in [6.07, 6.45) is 21.1. The van der Waals surface area contributed by atoms with Gasteiger partial charge in [0.15, 0.2) is 0 Å². The number of hydrogen-bond acceptors (Lipinski definition) is 1. The summed E-state index contributed by atoms with van der Waals surface area (Å²) in [6, 6.07) is 5.17. The minimum absolute atomic E-state index is 0.757. The minimum Gasteiger partial charge on any atom is -0.779 e. The lowest BCUT2D eigenvalue weighted by Crippen LogP contribution is -2.14. The van der Waals surface area contributed by atoms with Crippen molar-refractivity contribution in [1.29, 1.82) is 0 Å². The second-order valence-corrected chi connectivity index (χ2v) is 9.44. The van der Waals surface area contributed by atoms with E-state index in [1.807, 2.05) is 0 Å². The highest BCUT2D eigenvalue weighted by Gasteiger charge is 2.24. The normalized spacial score (nSPS) is 24.5. The molecule has 0 nitrogen and oxygen atoms in total. The molecule has 1 heteroatoms. The van der Waals surface area contributed by atoms with E-state index in [1.54, 1.807) is 16.7 Å². The quantitative estimate of drug-likeness (QED) is 0.500. The molecule has 0 aromatic heterocycles. The molecule has 0 heterocycles. The van der Waals surface area contributed by atoms with E-state index in [0.29, 0.717) is 0 Å². The van der Waals surface area contributed by atoms with Crippen LogP contribution >= 0.6 is 0 Å². The Morgan fingerprint density at radius 1 is 0.520 bits per heavy atom. The van der Waals surface area contributed by atoms with Crippen molar-refractivity contribution in [3.63, 3.8) is 0 Å². The fraction of sp³-hybridized carbons (Fsp3) is 0.750. The van der Waals surface area contributed by atoms with Crippen LogP contribution < -0.4 is 0 Å². The fourth-order valence-electron chi connectivity index (χ4n) is 5.80. The van der Waals surface area contributed by atoms with Crippen LogP contribution in [0.2, 0.25) is 0 Å². The Balaban J connectivity index is 1.70. The Morgan fingerprint density at radius 3 is 1.28 bits per heavy atom. The largest absolute Gasteiger partial charge is 0.779 e. The van der Waals surface area contributed by atoms with E-state index >= 15 is 0 Å². The second-order valence-electron chi connectivity index (χ2n) is 9.03. The molecule has 3 fully saturated rings. The Labute approximate surface area is 160 Å². The maximum absolute atomic E-state index is 6.11. The van der Waals surface area contributed by atoms with E-state index < -0.39 is 0 Å². The van der Waals surface area contributed by atoms with Crippen molar-refractivity contribution in [2.45, 2.75) is 119 Å². The average Bonchev–Trinajstić information content (AvgIpc) is 2.70. The van der Waals surface area contributed by atoms with E-state index in [4.69, 9.17) is 12.6 Å². The van der Waals surface area contributed by atoms with Gasteiger partial charge in [0.25, 0.3) is 0 Å². The van der Waals surface area contributed by atoms with Gasteiger partial charge in [0.1, 0.15) is 0 Å². The average molecular weight is 356 g/mol. The Hall–Kier alpha value is -0.560. The number of benzene rings is 1. The molecule has 3 aliphatic rings. The van der Waals surface area contributed by atoms with Crippen LogP contribution in [0.3, 0.4) is 0 Å². The zero-order valence-corrected chi connectivity index (χ0v) is 16.7. The van der Waals surface area contributed by atoms with Gasteiger partial charge in [-0.3, -0.25) is 0 Å². The fourth-order valence-corrected chi connectivity index (χ4v) is 6.26. The zero-order valence-electron chi connectivity index (χ0n) is 15.9. The molecule has 0 aliphatic heterocycles. The highest BCUT2D eigenvalue weighted by molar-refractivity contribution is 7.59. The summed E-state index contributed by atoms with van der Waals surface area (Å²) < 4.78 is 0. The van der Waals surface area contributed by atoms with E-state index in [0.717, 1.165) is 17.8 Å². The molecule has 1 aromatic rings. The zero-order chi connectivity index (χ0) is 17.1. The third kappa shape index (κ3) is 4.07. The Kier molecular flexibility index (Phi) is 6.01. The molecule has 0 radical (unpaired) electrons. The molecule has 3 saturated carbocycles. The van der Waals surface area contributed by atoms with Crippen LogP contribution in [0.4, 0.5) is 0 Å². The molecule has 0 spiro atoms. The monoisotopic (exact) mass is 355 g/mol. The van der Waals surface area contributed by atoms with Crippen molar-refractivity contribution >= 4 is 12.6 Å². The molecule has 0 N–H and O–H groups in total. The van der Waals surface area contributed by atoms with Gasteiger partial charge in [-0.15, -0.1) is 0 Å². The standard InChI is InChI=1S/C24H36S/c25-24-22(19-12-6-2-7-13-19)16-21(18-10-4-1-5-11-18)17-23(24)20-14-8-3-9-15-20/h16-20,25H,1-15H2/p-1. The SMILES string of the molecule is [S-]c1c(C2CCCCC2)cc(C2CCCCC2)cc1C1CCCCC1. The molecular weight excluding hydrogens is 320 g/mol. The van der Waals surface area contributed by atoms with Gasteiger partial charge >= 0.3 is 0 Å². The highest BCUT2D eigenvalue weighted by Crippen LogP contribution is 2.43. The van der Waals surface area contributed by atoms with Crippen molar-refractivity contribution in [2.75, 3.05) is 0 Å². The molecule has 3 aliphatic carbocycles. The van der Waals surface area contributed by atoms with Gasteiger partial charge in [0, 0.05) is 0 Å². The van der Waals surface area contributed by atoms with E-state index in [9.17, 15) is 0 Å². The molecule has 0 amide bonds. The van der Waals surface area contributed by atoms with Crippen molar-refractivity contribution in [3.05, 3.63) is 28.8 Å². The summed E-state index contributed by atoms with van der Waals surface area (Å²) in [6.45, 7) is 0. The van der Waals surface area contributed by atoms with Crippen LogP contribution in [0, 0.1) is 0 Å². The first kappa shape index (κ1) is 17.8. The molecule has 0 unspecified atom stereocenters. The molecule has 138 valence electrons. The van der Waals surface area contributed by atoms with Crippen molar-refractivity contribution in [1.82, 2.24) is 0 Å². The molecule has 0 saturated heterocycles. The lowest BCUT2D eigenvalue weighted by molar-refractivity contribution is 0.421. The van der Waals surface area contributed by atoms with E-state index in [-0.39, 0.29) is 0 Å². The molecule has 4 rings (SSSR count). The molecule has 25 heavy (non-hydrogen) atoms. The first-order valence-corrected chi connectivity index (χ1v) is 11.6. The summed E-state index contributed by atoms with van der Waals surface area (Å²) >= 11 is 6.11. The van der Waals surface area contributed by atoms with Gasteiger partial charge in [-0.2, -0.15) is 4.90 Å². The predicted molar refractivity (Wildman–Crippen MR) is 110 cm³/mol. The maximum atomic E-state index is 6.11. The molecule has 0 atom stereocenters. The molecule has 1 aromatic carbocycles. The van der Waals surface area contributed by atoms with Crippen LogP contribution in [-0.4, -0.2) is 0 Å². The summed E-state index contributed by atoms with van der Waals surface area (Å²) in [7, 11) is 0. The smallest absolute Gasteiger partial charge is 0.0162 e.